The fourth-order valence-corrected chi connectivity index (χ4v) is 1.75. The quantitative estimate of drug-likeness (QED) is 0.836. The second-order valence-corrected chi connectivity index (χ2v) is 5.22. The first kappa shape index (κ1) is 17.2. The van der Waals surface area contributed by atoms with E-state index < -0.39 is 0 Å². The van der Waals surface area contributed by atoms with Gasteiger partial charge in [-0.05, 0) is 40.0 Å². The van der Waals surface area contributed by atoms with Crippen molar-refractivity contribution in [3.63, 3.8) is 0 Å². The number of nitriles is 1. The maximum Gasteiger partial charge on any atom is 0.241 e. The average molecular weight is 289 g/mol. The predicted octanol–water partition coefficient (Wildman–Crippen LogP) is 2.24. The molecule has 0 aliphatic rings. The SMILES string of the molecule is CC(C)OCCN(C)C(C)C(=O)Nc1ccccc1C#N. The summed E-state index contributed by atoms with van der Waals surface area (Å²) in [5, 5.41) is 11.8. The highest BCUT2D eigenvalue weighted by Gasteiger charge is 2.18. The summed E-state index contributed by atoms with van der Waals surface area (Å²) in [7, 11) is 1.88. The van der Waals surface area contributed by atoms with Crippen molar-refractivity contribution in [2.75, 3.05) is 25.5 Å². The first-order valence-electron chi connectivity index (χ1n) is 7.07. The summed E-state index contributed by atoms with van der Waals surface area (Å²) in [6.07, 6.45) is 0.185. The predicted molar refractivity (Wildman–Crippen MR) is 83.0 cm³/mol. The lowest BCUT2D eigenvalue weighted by Crippen LogP contribution is -2.41. The number of nitrogens with one attached hydrogen (secondary N) is 1. The molecule has 1 amide bonds. The van der Waals surface area contributed by atoms with Crippen molar-refractivity contribution >= 4 is 11.6 Å². The van der Waals surface area contributed by atoms with Gasteiger partial charge in [-0.15, -0.1) is 0 Å². The smallest absolute Gasteiger partial charge is 0.241 e. The minimum Gasteiger partial charge on any atom is -0.377 e. The van der Waals surface area contributed by atoms with Crippen LogP contribution in [0.5, 0.6) is 0 Å². The zero-order valence-corrected chi connectivity index (χ0v) is 13.1. The van der Waals surface area contributed by atoms with Crippen LogP contribution >= 0.6 is 0 Å². The number of hydrogen-bond acceptors (Lipinski definition) is 4. The Hall–Kier alpha value is -1.90. The largest absolute Gasteiger partial charge is 0.377 e. The zero-order chi connectivity index (χ0) is 15.8. The molecule has 0 heterocycles. The van der Waals surface area contributed by atoms with Crippen LogP contribution in [-0.4, -0.2) is 43.2 Å². The molecule has 5 heteroatoms. The van der Waals surface area contributed by atoms with Gasteiger partial charge in [-0.1, -0.05) is 12.1 Å². The Morgan fingerprint density at radius 1 is 1.38 bits per heavy atom. The van der Waals surface area contributed by atoms with E-state index in [2.05, 4.69) is 11.4 Å². The molecule has 1 unspecified atom stereocenters. The van der Waals surface area contributed by atoms with Crippen LogP contribution in [-0.2, 0) is 9.53 Å². The molecular weight excluding hydrogens is 266 g/mol. The number of nitrogens with zero attached hydrogens (tertiary/aromatic N) is 2. The van der Waals surface area contributed by atoms with E-state index >= 15 is 0 Å². The molecule has 5 nitrogen and oxygen atoms in total. The molecular formula is C16H23N3O2. The van der Waals surface area contributed by atoms with Gasteiger partial charge in [0.05, 0.1) is 30.0 Å². The van der Waals surface area contributed by atoms with Crippen molar-refractivity contribution in [1.82, 2.24) is 4.90 Å². The summed E-state index contributed by atoms with van der Waals surface area (Å²) in [5.74, 6) is -0.134. The van der Waals surface area contributed by atoms with E-state index in [1.165, 1.54) is 0 Å². The second-order valence-electron chi connectivity index (χ2n) is 5.22. The van der Waals surface area contributed by atoms with Crippen molar-refractivity contribution in [2.24, 2.45) is 0 Å². The van der Waals surface area contributed by atoms with Gasteiger partial charge in [0.2, 0.25) is 5.91 Å². The molecule has 114 valence electrons. The lowest BCUT2D eigenvalue weighted by Gasteiger charge is -2.24. The Bertz CT molecular complexity index is 508. The van der Waals surface area contributed by atoms with Crippen molar-refractivity contribution in [2.45, 2.75) is 32.9 Å². The third-order valence-corrected chi connectivity index (χ3v) is 3.24. The number of benzene rings is 1. The molecule has 0 radical (unpaired) electrons. The van der Waals surface area contributed by atoms with Crippen LogP contribution in [0.15, 0.2) is 24.3 Å². The van der Waals surface area contributed by atoms with Crippen LogP contribution in [0.25, 0.3) is 0 Å². The molecule has 0 spiro atoms. The maximum absolute atomic E-state index is 12.2. The zero-order valence-electron chi connectivity index (χ0n) is 13.1. The van der Waals surface area contributed by atoms with Crippen LogP contribution < -0.4 is 5.32 Å². The van der Waals surface area contributed by atoms with Crippen molar-refractivity contribution < 1.29 is 9.53 Å². The van der Waals surface area contributed by atoms with Crippen LogP contribution in [0.4, 0.5) is 5.69 Å². The van der Waals surface area contributed by atoms with Gasteiger partial charge in [0.15, 0.2) is 0 Å². The van der Waals surface area contributed by atoms with Crippen LogP contribution in [0, 0.1) is 11.3 Å². The molecule has 1 aromatic rings. The Balaban J connectivity index is 2.56. The molecule has 1 N–H and O–H groups in total. The highest BCUT2D eigenvalue weighted by molar-refractivity contribution is 5.95. The monoisotopic (exact) mass is 289 g/mol. The van der Waals surface area contributed by atoms with Gasteiger partial charge in [-0.3, -0.25) is 9.69 Å². The highest BCUT2D eigenvalue weighted by Crippen LogP contribution is 2.14. The summed E-state index contributed by atoms with van der Waals surface area (Å²) in [5.41, 5.74) is 1.01. The van der Waals surface area contributed by atoms with Crippen molar-refractivity contribution in [3.05, 3.63) is 29.8 Å². The number of ether oxygens (including phenoxy) is 1. The topological polar surface area (TPSA) is 65.4 Å². The van der Waals surface area contributed by atoms with E-state index in [9.17, 15) is 4.79 Å². The third-order valence-electron chi connectivity index (χ3n) is 3.24. The molecule has 0 aliphatic carbocycles. The third kappa shape index (κ3) is 5.54. The number of anilines is 1. The minimum atomic E-state index is -0.299. The summed E-state index contributed by atoms with van der Waals surface area (Å²) in [4.78, 5) is 14.1. The number of carbonyl (C=O) groups is 1. The molecule has 0 bridgehead atoms. The molecule has 0 saturated carbocycles. The summed E-state index contributed by atoms with van der Waals surface area (Å²) < 4.78 is 5.48. The standard InChI is InChI=1S/C16H23N3O2/c1-12(2)21-10-9-19(4)13(3)16(20)18-15-8-6-5-7-14(15)11-17/h5-8,12-13H,9-10H2,1-4H3,(H,18,20). The first-order valence-corrected chi connectivity index (χ1v) is 7.07. The average Bonchev–Trinajstić information content (AvgIpc) is 2.46. The van der Waals surface area contributed by atoms with Gasteiger partial charge >= 0.3 is 0 Å². The second kappa shape index (κ2) is 8.40. The van der Waals surface area contributed by atoms with E-state index in [1.807, 2.05) is 32.7 Å². The van der Waals surface area contributed by atoms with Gasteiger partial charge in [-0.2, -0.15) is 5.26 Å². The Kier molecular flexibility index (Phi) is 6.86. The lowest BCUT2D eigenvalue weighted by molar-refractivity contribution is -0.120. The summed E-state index contributed by atoms with van der Waals surface area (Å²) in [6, 6.07) is 8.74. The summed E-state index contributed by atoms with van der Waals surface area (Å²) >= 11 is 0. The lowest BCUT2D eigenvalue weighted by atomic mass is 10.2. The number of amides is 1. The molecule has 0 fully saturated rings. The van der Waals surface area contributed by atoms with Gasteiger partial charge < -0.3 is 10.1 Å². The van der Waals surface area contributed by atoms with Crippen LogP contribution in [0.1, 0.15) is 26.3 Å². The first-order chi connectivity index (χ1) is 9.95. The van der Waals surface area contributed by atoms with E-state index in [1.54, 1.807) is 24.3 Å². The molecule has 0 saturated heterocycles. The molecule has 0 aromatic heterocycles. The summed E-state index contributed by atoms with van der Waals surface area (Å²) in [6.45, 7) is 7.05. The molecule has 1 aromatic carbocycles. The molecule has 21 heavy (non-hydrogen) atoms. The fourth-order valence-electron chi connectivity index (χ4n) is 1.75. The normalized spacial score (nSPS) is 12.2. The van der Waals surface area contributed by atoms with Crippen molar-refractivity contribution in [3.8, 4) is 6.07 Å². The maximum atomic E-state index is 12.2. The molecule has 1 rings (SSSR count). The number of carbonyl (C=O) groups excluding carboxylic acids is 1. The van der Waals surface area contributed by atoms with E-state index in [-0.39, 0.29) is 18.1 Å². The number of likely N-dealkylation sites (N-methyl/N-ethyl adjacent to an activating group) is 1. The van der Waals surface area contributed by atoms with E-state index in [4.69, 9.17) is 10.00 Å². The van der Waals surface area contributed by atoms with Gasteiger partial charge in [0, 0.05) is 6.54 Å². The van der Waals surface area contributed by atoms with E-state index in [0.717, 1.165) is 0 Å². The van der Waals surface area contributed by atoms with Gasteiger partial charge in [-0.25, -0.2) is 0 Å². The van der Waals surface area contributed by atoms with Crippen molar-refractivity contribution in [1.29, 1.82) is 5.26 Å². The van der Waals surface area contributed by atoms with Crippen LogP contribution in [0.3, 0.4) is 0 Å². The minimum absolute atomic E-state index is 0.134. The van der Waals surface area contributed by atoms with E-state index in [0.29, 0.717) is 24.4 Å². The van der Waals surface area contributed by atoms with Gasteiger partial charge in [0.25, 0.3) is 0 Å². The molecule has 0 aliphatic heterocycles. The number of rotatable bonds is 7. The van der Waals surface area contributed by atoms with Gasteiger partial charge in [0.1, 0.15) is 6.07 Å². The van der Waals surface area contributed by atoms with Crippen LogP contribution in [0.2, 0.25) is 0 Å². The highest BCUT2D eigenvalue weighted by atomic mass is 16.5. The Labute approximate surface area is 126 Å². The number of hydrogen-bond donors (Lipinski definition) is 1. The Morgan fingerprint density at radius 3 is 2.67 bits per heavy atom. The fraction of sp³-hybridized carbons (Fsp3) is 0.500. The number of para-hydroxylation sites is 1. The Morgan fingerprint density at radius 2 is 2.05 bits per heavy atom. The molecule has 1 atom stereocenters.